The molecule has 8 heteroatoms. The van der Waals surface area contributed by atoms with E-state index in [9.17, 15) is 27.9 Å². The van der Waals surface area contributed by atoms with Crippen molar-refractivity contribution in [2.75, 3.05) is 7.11 Å². The number of aliphatic hydroxyl groups is 1. The first-order chi connectivity index (χ1) is 9.11. The molecule has 1 aromatic carbocycles. The van der Waals surface area contributed by atoms with Crippen LogP contribution >= 0.6 is 0 Å². The first-order valence-electron chi connectivity index (χ1n) is 5.38. The molecule has 1 atom stereocenters. The highest BCUT2D eigenvalue weighted by Crippen LogP contribution is 2.29. The zero-order valence-electron chi connectivity index (χ0n) is 10.6. The Morgan fingerprint density at radius 1 is 1.30 bits per heavy atom. The van der Waals surface area contributed by atoms with Crippen molar-refractivity contribution in [1.82, 2.24) is 5.32 Å². The predicted molar refractivity (Wildman–Crippen MR) is 61.7 cm³/mol. The summed E-state index contributed by atoms with van der Waals surface area (Å²) in [5.74, 6) is -3.27. The third kappa shape index (κ3) is 3.08. The van der Waals surface area contributed by atoms with Crippen molar-refractivity contribution in [3.05, 3.63) is 35.4 Å². The molecule has 0 aliphatic heterocycles. The zero-order chi connectivity index (χ0) is 15.6. The minimum atomic E-state index is -5.42. The van der Waals surface area contributed by atoms with E-state index in [0.717, 1.165) is 0 Å². The normalized spacial score (nSPS) is 14.3. The molecule has 0 aromatic heterocycles. The molecule has 2 N–H and O–H groups in total. The van der Waals surface area contributed by atoms with Crippen LogP contribution in [-0.4, -0.2) is 36.0 Å². The van der Waals surface area contributed by atoms with Crippen LogP contribution in [0, 0.1) is 6.92 Å². The fourth-order valence-electron chi connectivity index (χ4n) is 1.41. The summed E-state index contributed by atoms with van der Waals surface area (Å²) in [6.45, 7) is 1.63. The number of rotatable bonds is 3. The van der Waals surface area contributed by atoms with Gasteiger partial charge in [-0.2, -0.15) is 13.2 Å². The highest BCUT2D eigenvalue weighted by Gasteiger charge is 2.62. The number of amides is 1. The van der Waals surface area contributed by atoms with E-state index >= 15 is 0 Å². The van der Waals surface area contributed by atoms with E-state index < -0.39 is 23.8 Å². The molecule has 5 nitrogen and oxygen atoms in total. The van der Waals surface area contributed by atoms with E-state index in [2.05, 4.69) is 4.74 Å². The molecule has 0 aliphatic carbocycles. The van der Waals surface area contributed by atoms with E-state index in [0.29, 0.717) is 12.7 Å². The number of hydrogen-bond acceptors (Lipinski definition) is 4. The number of hydrogen-bond donors (Lipinski definition) is 2. The molecule has 0 radical (unpaired) electrons. The molecule has 0 heterocycles. The lowest BCUT2D eigenvalue weighted by Gasteiger charge is -2.28. The molecule has 1 unspecified atom stereocenters. The van der Waals surface area contributed by atoms with Crippen molar-refractivity contribution in [2.45, 2.75) is 18.8 Å². The van der Waals surface area contributed by atoms with Crippen LogP contribution < -0.4 is 5.32 Å². The Balaban J connectivity index is 3.09. The lowest BCUT2D eigenvalue weighted by atomic mass is 10.1. The summed E-state index contributed by atoms with van der Waals surface area (Å²) in [5.41, 5.74) is -3.59. The van der Waals surface area contributed by atoms with Crippen LogP contribution in [0.1, 0.15) is 15.9 Å². The summed E-state index contributed by atoms with van der Waals surface area (Å²) in [6.07, 6.45) is -5.42. The highest BCUT2D eigenvalue weighted by molar-refractivity contribution is 5.98. The fraction of sp³-hybridized carbons (Fsp3) is 0.333. The van der Waals surface area contributed by atoms with Gasteiger partial charge in [-0.15, -0.1) is 0 Å². The summed E-state index contributed by atoms with van der Waals surface area (Å²) in [4.78, 5) is 22.8. The van der Waals surface area contributed by atoms with Gasteiger partial charge >= 0.3 is 17.9 Å². The van der Waals surface area contributed by atoms with Gasteiger partial charge in [-0.25, -0.2) is 4.79 Å². The second-order valence-corrected chi connectivity index (χ2v) is 4.02. The lowest BCUT2D eigenvalue weighted by molar-refractivity contribution is -0.268. The summed E-state index contributed by atoms with van der Waals surface area (Å²) >= 11 is 0. The number of alkyl halides is 3. The van der Waals surface area contributed by atoms with Crippen molar-refractivity contribution in [1.29, 1.82) is 0 Å². The van der Waals surface area contributed by atoms with Crippen molar-refractivity contribution >= 4 is 11.9 Å². The van der Waals surface area contributed by atoms with Gasteiger partial charge in [0.25, 0.3) is 5.91 Å². The van der Waals surface area contributed by atoms with Crippen LogP contribution in [0.15, 0.2) is 24.3 Å². The molecule has 0 saturated carbocycles. The molecule has 0 saturated heterocycles. The Kier molecular flexibility index (Phi) is 4.39. The average Bonchev–Trinajstić information content (AvgIpc) is 2.36. The molecule has 0 bridgehead atoms. The van der Waals surface area contributed by atoms with Gasteiger partial charge in [-0.3, -0.25) is 4.79 Å². The number of methoxy groups -OCH3 is 1. The third-order valence-corrected chi connectivity index (χ3v) is 2.47. The molecular weight excluding hydrogens is 279 g/mol. The molecule has 1 aromatic rings. The van der Waals surface area contributed by atoms with Crippen molar-refractivity contribution in [3.8, 4) is 0 Å². The lowest BCUT2D eigenvalue weighted by Crippen LogP contribution is -2.64. The standard InChI is InChI=1S/C12H12F3NO4/c1-7-4-3-5-8(6-7)9(17)16-11(19,10(18)20-2)12(13,14)15/h3-6,19H,1-2H3,(H,16,17). The van der Waals surface area contributed by atoms with Crippen LogP contribution in [0.4, 0.5) is 13.2 Å². The van der Waals surface area contributed by atoms with E-state index in [1.54, 1.807) is 13.0 Å². The van der Waals surface area contributed by atoms with Gasteiger partial charge in [0.15, 0.2) is 0 Å². The number of benzene rings is 1. The second kappa shape index (κ2) is 5.49. The van der Waals surface area contributed by atoms with Crippen LogP contribution in [0.5, 0.6) is 0 Å². The Bertz CT molecular complexity index is 530. The van der Waals surface area contributed by atoms with Crippen molar-refractivity contribution in [2.24, 2.45) is 0 Å². The fourth-order valence-corrected chi connectivity index (χ4v) is 1.41. The molecule has 20 heavy (non-hydrogen) atoms. The number of aryl methyl sites for hydroxylation is 1. The molecule has 0 fully saturated rings. The maximum atomic E-state index is 12.7. The molecule has 110 valence electrons. The number of carbonyl (C=O) groups is 2. The maximum Gasteiger partial charge on any atom is 0.448 e. The van der Waals surface area contributed by atoms with Gasteiger partial charge in [0.1, 0.15) is 0 Å². The van der Waals surface area contributed by atoms with Crippen LogP contribution in [0.2, 0.25) is 0 Å². The van der Waals surface area contributed by atoms with Gasteiger partial charge in [0, 0.05) is 5.56 Å². The summed E-state index contributed by atoms with van der Waals surface area (Å²) in [5, 5.41) is 10.6. The number of esters is 1. The molecule has 1 amide bonds. The maximum absolute atomic E-state index is 12.7. The Hall–Kier alpha value is -2.09. The predicted octanol–water partition coefficient (Wildman–Crippen LogP) is 1.15. The van der Waals surface area contributed by atoms with Gasteiger partial charge < -0.3 is 15.2 Å². The van der Waals surface area contributed by atoms with Crippen LogP contribution in [0.25, 0.3) is 0 Å². The van der Waals surface area contributed by atoms with Crippen LogP contribution in [-0.2, 0) is 9.53 Å². The van der Waals surface area contributed by atoms with E-state index in [4.69, 9.17) is 0 Å². The Labute approximate surface area is 112 Å². The summed E-state index contributed by atoms with van der Waals surface area (Å²) < 4.78 is 42.1. The van der Waals surface area contributed by atoms with Crippen molar-refractivity contribution in [3.63, 3.8) is 0 Å². The molecular formula is C12H12F3NO4. The average molecular weight is 291 g/mol. The monoisotopic (exact) mass is 291 g/mol. The van der Waals surface area contributed by atoms with E-state index in [1.807, 2.05) is 0 Å². The number of ether oxygens (including phenoxy) is 1. The minimum Gasteiger partial charge on any atom is -0.465 e. The van der Waals surface area contributed by atoms with E-state index in [-0.39, 0.29) is 5.56 Å². The topological polar surface area (TPSA) is 75.6 Å². The van der Waals surface area contributed by atoms with Gasteiger partial charge in [0.2, 0.25) is 0 Å². The van der Waals surface area contributed by atoms with Gasteiger partial charge in [-0.1, -0.05) is 17.7 Å². The van der Waals surface area contributed by atoms with Gasteiger partial charge in [0.05, 0.1) is 7.11 Å². The molecule has 1 rings (SSSR count). The largest absolute Gasteiger partial charge is 0.465 e. The first kappa shape index (κ1) is 16.0. The van der Waals surface area contributed by atoms with Crippen LogP contribution in [0.3, 0.4) is 0 Å². The quantitative estimate of drug-likeness (QED) is 0.647. The Morgan fingerprint density at radius 2 is 1.90 bits per heavy atom. The van der Waals surface area contributed by atoms with Crippen molar-refractivity contribution < 1.29 is 32.6 Å². The number of halogens is 3. The molecule has 0 spiro atoms. The highest BCUT2D eigenvalue weighted by atomic mass is 19.4. The third-order valence-electron chi connectivity index (χ3n) is 2.47. The first-order valence-corrected chi connectivity index (χ1v) is 5.38. The van der Waals surface area contributed by atoms with Gasteiger partial charge in [-0.05, 0) is 19.1 Å². The smallest absolute Gasteiger partial charge is 0.448 e. The number of nitrogens with one attached hydrogen (secondary N) is 1. The molecule has 0 aliphatic rings. The SMILES string of the molecule is COC(=O)C(O)(NC(=O)c1cccc(C)c1)C(F)(F)F. The second-order valence-electron chi connectivity index (χ2n) is 4.02. The Morgan fingerprint density at radius 3 is 2.35 bits per heavy atom. The zero-order valence-corrected chi connectivity index (χ0v) is 10.6. The summed E-state index contributed by atoms with van der Waals surface area (Å²) in [7, 11) is 0.665. The number of carbonyl (C=O) groups excluding carboxylic acids is 2. The minimum absolute atomic E-state index is 0.128. The summed E-state index contributed by atoms with van der Waals surface area (Å²) in [6, 6.07) is 5.64. The van der Waals surface area contributed by atoms with E-state index in [1.165, 1.54) is 23.5 Å².